The Morgan fingerprint density at radius 1 is 1.07 bits per heavy atom. The van der Waals surface area contributed by atoms with Crippen LogP contribution in [-0.2, 0) is 0 Å². The molecule has 0 bridgehead atoms. The Kier molecular flexibility index (Phi) is 2.67. The SMILES string of the molecule is Nc1c(-c2ccccc2)ccnc1I. The fourth-order valence-electron chi connectivity index (χ4n) is 1.32. The number of hydrogen-bond acceptors (Lipinski definition) is 2. The lowest BCUT2D eigenvalue weighted by Crippen LogP contribution is -1.95. The summed E-state index contributed by atoms with van der Waals surface area (Å²) in [5.41, 5.74) is 8.87. The zero-order valence-electron chi connectivity index (χ0n) is 7.44. The van der Waals surface area contributed by atoms with E-state index < -0.39 is 0 Å². The molecule has 3 heteroatoms. The summed E-state index contributed by atoms with van der Waals surface area (Å²) in [5.74, 6) is 0. The number of pyridine rings is 1. The Balaban J connectivity index is 2.58. The third kappa shape index (κ3) is 1.72. The molecule has 1 heterocycles. The maximum absolute atomic E-state index is 5.94. The maximum atomic E-state index is 5.94. The summed E-state index contributed by atoms with van der Waals surface area (Å²) in [6, 6.07) is 12.0. The lowest BCUT2D eigenvalue weighted by atomic mass is 10.1. The summed E-state index contributed by atoms with van der Waals surface area (Å²) < 4.78 is 0.851. The van der Waals surface area contributed by atoms with Crippen LogP contribution in [0.25, 0.3) is 11.1 Å². The molecule has 0 saturated carbocycles. The number of aromatic nitrogens is 1. The van der Waals surface area contributed by atoms with Crippen molar-refractivity contribution in [1.29, 1.82) is 0 Å². The van der Waals surface area contributed by atoms with Gasteiger partial charge in [0.25, 0.3) is 0 Å². The van der Waals surface area contributed by atoms with Gasteiger partial charge in [0.05, 0.1) is 5.69 Å². The minimum absolute atomic E-state index is 0.749. The number of nitrogens with zero attached hydrogens (tertiary/aromatic N) is 1. The number of hydrogen-bond donors (Lipinski definition) is 1. The van der Waals surface area contributed by atoms with Crippen molar-refractivity contribution in [1.82, 2.24) is 4.98 Å². The molecular formula is C11H9IN2. The second kappa shape index (κ2) is 3.96. The third-order valence-corrected chi connectivity index (χ3v) is 2.89. The molecule has 1 aromatic carbocycles. The van der Waals surface area contributed by atoms with E-state index in [4.69, 9.17) is 5.73 Å². The van der Waals surface area contributed by atoms with Gasteiger partial charge in [0, 0.05) is 11.8 Å². The Bertz CT molecular complexity index is 440. The van der Waals surface area contributed by atoms with Crippen molar-refractivity contribution in [2.75, 3.05) is 5.73 Å². The molecule has 2 aromatic rings. The summed E-state index contributed by atoms with van der Waals surface area (Å²) >= 11 is 2.14. The molecule has 0 aliphatic rings. The standard InChI is InChI=1S/C11H9IN2/c12-11-10(13)9(6-7-14-11)8-4-2-1-3-5-8/h1-7H,13H2. The molecule has 2 rings (SSSR count). The Morgan fingerprint density at radius 2 is 1.79 bits per heavy atom. The van der Waals surface area contributed by atoms with Crippen molar-refractivity contribution in [3.8, 4) is 11.1 Å². The van der Waals surface area contributed by atoms with Gasteiger partial charge in [0.15, 0.2) is 0 Å². The van der Waals surface area contributed by atoms with Gasteiger partial charge in [-0.3, -0.25) is 0 Å². The summed E-state index contributed by atoms with van der Waals surface area (Å²) in [6.45, 7) is 0. The van der Waals surface area contributed by atoms with Gasteiger partial charge in [-0.1, -0.05) is 30.3 Å². The van der Waals surface area contributed by atoms with E-state index in [0.717, 1.165) is 20.5 Å². The van der Waals surface area contributed by atoms with Crippen LogP contribution in [0.15, 0.2) is 42.6 Å². The average Bonchev–Trinajstić information content (AvgIpc) is 2.23. The summed E-state index contributed by atoms with van der Waals surface area (Å²) in [7, 11) is 0. The summed E-state index contributed by atoms with van der Waals surface area (Å²) in [6.07, 6.45) is 1.78. The van der Waals surface area contributed by atoms with Crippen molar-refractivity contribution in [3.05, 3.63) is 46.3 Å². The highest BCUT2D eigenvalue weighted by Crippen LogP contribution is 2.27. The van der Waals surface area contributed by atoms with Crippen LogP contribution in [0.4, 0.5) is 5.69 Å². The molecule has 1 aromatic heterocycles. The number of anilines is 1. The van der Waals surface area contributed by atoms with Crippen molar-refractivity contribution < 1.29 is 0 Å². The van der Waals surface area contributed by atoms with E-state index in [1.165, 1.54) is 0 Å². The quantitative estimate of drug-likeness (QED) is 0.649. The van der Waals surface area contributed by atoms with Crippen molar-refractivity contribution in [2.45, 2.75) is 0 Å². The fourth-order valence-corrected chi connectivity index (χ4v) is 1.77. The molecule has 0 radical (unpaired) electrons. The van der Waals surface area contributed by atoms with Crippen molar-refractivity contribution >= 4 is 28.3 Å². The number of rotatable bonds is 1. The Labute approximate surface area is 96.3 Å². The zero-order valence-corrected chi connectivity index (χ0v) is 9.60. The lowest BCUT2D eigenvalue weighted by molar-refractivity contribution is 1.28. The van der Waals surface area contributed by atoms with Gasteiger partial charge in [-0.15, -0.1) is 0 Å². The van der Waals surface area contributed by atoms with E-state index in [9.17, 15) is 0 Å². The second-order valence-electron chi connectivity index (χ2n) is 2.93. The second-order valence-corrected chi connectivity index (χ2v) is 3.95. The van der Waals surface area contributed by atoms with Crippen LogP contribution in [-0.4, -0.2) is 4.98 Å². The van der Waals surface area contributed by atoms with Crippen LogP contribution in [0.3, 0.4) is 0 Å². The highest BCUT2D eigenvalue weighted by molar-refractivity contribution is 14.1. The minimum Gasteiger partial charge on any atom is -0.396 e. The molecular weight excluding hydrogens is 287 g/mol. The smallest absolute Gasteiger partial charge is 0.124 e. The van der Waals surface area contributed by atoms with Gasteiger partial charge >= 0.3 is 0 Å². The highest BCUT2D eigenvalue weighted by atomic mass is 127. The average molecular weight is 296 g/mol. The number of benzene rings is 1. The first-order valence-electron chi connectivity index (χ1n) is 4.24. The molecule has 70 valence electrons. The van der Waals surface area contributed by atoms with Crippen LogP contribution in [0.2, 0.25) is 0 Å². The number of nitrogens with two attached hydrogens (primary N) is 1. The number of nitrogen functional groups attached to an aromatic ring is 1. The first-order chi connectivity index (χ1) is 6.79. The Morgan fingerprint density at radius 3 is 2.50 bits per heavy atom. The van der Waals surface area contributed by atoms with Gasteiger partial charge in [0.1, 0.15) is 3.70 Å². The van der Waals surface area contributed by atoms with Crippen LogP contribution in [0, 0.1) is 3.70 Å². The topological polar surface area (TPSA) is 38.9 Å². The molecule has 0 amide bonds. The van der Waals surface area contributed by atoms with Gasteiger partial charge in [-0.25, -0.2) is 4.98 Å². The molecule has 2 N–H and O–H groups in total. The van der Waals surface area contributed by atoms with Crippen LogP contribution in [0.5, 0.6) is 0 Å². The van der Waals surface area contributed by atoms with Gasteiger partial charge in [-0.05, 0) is 34.2 Å². The predicted molar refractivity (Wildman–Crippen MR) is 66.8 cm³/mol. The van der Waals surface area contributed by atoms with Crippen LogP contribution < -0.4 is 5.73 Å². The molecule has 0 spiro atoms. The predicted octanol–water partition coefficient (Wildman–Crippen LogP) is 2.94. The van der Waals surface area contributed by atoms with Crippen molar-refractivity contribution in [2.24, 2.45) is 0 Å². The maximum Gasteiger partial charge on any atom is 0.124 e. The molecule has 0 saturated heterocycles. The fraction of sp³-hybridized carbons (Fsp3) is 0. The minimum atomic E-state index is 0.749. The molecule has 0 aliphatic carbocycles. The van der Waals surface area contributed by atoms with Crippen LogP contribution >= 0.6 is 22.6 Å². The van der Waals surface area contributed by atoms with E-state index in [2.05, 4.69) is 27.6 Å². The van der Waals surface area contributed by atoms with Gasteiger partial charge in [-0.2, -0.15) is 0 Å². The van der Waals surface area contributed by atoms with E-state index >= 15 is 0 Å². The third-order valence-electron chi connectivity index (χ3n) is 2.03. The molecule has 0 aliphatic heterocycles. The van der Waals surface area contributed by atoms with E-state index in [1.54, 1.807) is 6.20 Å². The molecule has 0 fully saturated rings. The van der Waals surface area contributed by atoms with E-state index in [1.807, 2.05) is 36.4 Å². The lowest BCUT2D eigenvalue weighted by Gasteiger charge is -2.05. The largest absolute Gasteiger partial charge is 0.396 e. The molecule has 0 unspecified atom stereocenters. The van der Waals surface area contributed by atoms with Gasteiger partial charge in [0.2, 0.25) is 0 Å². The van der Waals surface area contributed by atoms with Crippen molar-refractivity contribution in [3.63, 3.8) is 0 Å². The Hall–Kier alpha value is -1.10. The first kappa shape index (κ1) is 9.45. The summed E-state index contributed by atoms with van der Waals surface area (Å²) in [5, 5.41) is 0. The molecule has 14 heavy (non-hydrogen) atoms. The normalized spacial score (nSPS) is 10.1. The zero-order chi connectivity index (χ0) is 9.97. The monoisotopic (exact) mass is 296 g/mol. The van der Waals surface area contributed by atoms with Gasteiger partial charge < -0.3 is 5.73 Å². The first-order valence-corrected chi connectivity index (χ1v) is 5.32. The highest BCUT2D eigenvalue weighted by Gasteiger charge is 2.04. The number of halogens is 1. The van der Waals surface area contributed by atoms with Crippen LogP contribution in [0.1, 0.15) is 0 Å². The van der Waals surface area contributed by atoms with E-state index in [0.29, 0.717) is 0 Å². The molecule has 0 atom stereocenters. The summed E-state index contributed by atoms with van der Waals surface area (Å²) in [4.78, 5) is 4.13. The van der Waals surface area contributed by atoms with E-state index in [-0.39, 0.29) is 0 Å². The molecule has 2 nitrogen and oxygen atoms in total.